The van der Waals surface area contributed by atoms with Gasteiger partial charge in [-0.1, -0.05) is 19.3 Å². The van der Waals surface area contributed by atoms with Crippen molar-refractivity contribution in [1.29, 1.82) is 0 Å². The van der Waals surface area contributed by atoms with Crippen molar-refractivity contribution in [3.8, 4) is 0 Å². The van der Waals surface area contributed by atoms with Crippen LogP contribution in [0.1, 0.15) is 92.4 Å². The monoisotopic (exact) mass is 427 g/mol. The topological polar surface area (TPSA) is 53.4 Å². The van der Waals surface area contributed by atoms with Gasteiger partial charge in [-0.2, -0.15) is 5.10 Å². The van der Waals surface area contributed by atoms with Crippen LogP contribution in [0.15, 0.2) is 0 Å². The molecule has 0 aromatic carbocycles. The molecule has 0 spiro atoms. The van der Waals surface area contributed by atoms with Gasteiger partial charge in [-0.15, -0.1) is 0 Å². The highest BCUT2D eigenvalue weighted by Crippen LogP contribution is 2.37. The molecule has 2 saturated heterocycles. The van der Waals surface area contributed by atoms with Crippen molar-refractivity contribution in [2.45, 2.75) is 95.1 Å². The molecular formula is C25H41N5O. The SMILES string of the molecule is Cn1nc(C(=O)N2CCCCC2)c2c1CCC(NCC1(N3CCCCC3)CCCC1)C2. The van der Waals surface area contributed by atoms with Gasteiger partial charge in [0.2, 0.25) is 0 Å². The maximum Gasteiger partial charge on any atom is 0.274 e. The molecule has 5 rings (SSSR count). The molecule has 1 atom stereocenters. The molecule has 172 valence electrons. The van der Waals surface area contributed by atoms with Gasteiger partial charge in [-0.3, -0.25) is 14.4 Å². The number of fused-ring (bicyclic) bond motifs is 1. The lowest BCUT2D eigenvalue weighted by Crippen LogP contribution is -2.56. The van der Waals surface area contributed by atoms with Gasteiger partial charge in [-0.05, 0) is 77.3 Å². The zero-order chi connectivity index (χ0) is 21.3. The first kappa shape index (κ1) is 21.4. The van der Waals surface area contributed by atoms with Crippen LogP contribution in [-0.2, 0) is 19.9 Å². The maximum atomic E-state index is 13.2. The molecule has 6 nitrogen and oxygen atoms in total. The minimum atomic E-state index is 0.165. The number of carbonyl (C=O) groups excluding carboxylic acids is 1. The summed E-state index contributed by atoms with van der Waals surface area (Å²) in [5.41, 5.74) is 3.62. The van der Waals surface area contributed by atoms with Crippen molar-refractivity contribution in [2.75, 3.05) is 32.7 Å². The second-order valence-electron chi connectivity index (χ2n) is 10.6. The number of nitrogens with one attached hydrogen (secondary N) is 1. The molecule has 1 saturated carbocycles. The summed E-state index contributed by atoms with van der Waals surface area (Å²) in [4.78, 5) is 18.1. The summed E-state index contributed by atoms with van der Waals surface area (Å²) in [5, 5.41) is 8.71. The molecular weight excluding hydrogens is 386 g/mol. The zero-order valence-electron chi connectivity index (χ0n) is 19.5. The summed E-state index contributed by atoms with van der Waals surface area (Å²) in [5.74, 6) is 0.165. The molecule has 1 aromatic rings. The molecule has 1 amide bonds. The molecule has 3 fully saturated rings. The van der Waals surface area contributed by atoms with E-state index in [1.54, 1.807) is 0 Å². The van der Waals surface area contributed by atoms with Gasteiger partial charge in [0.1, 0.15) is 0 Å². The van der Waals surface area contributed by atoms with E-state index in [2.05, 4.69) is 10.2 Å². The van der Waals surface area contributed by atoms with Gasteiger partial charge in [-0.25, -0.2) is 0 Å². The number of carbonyl (C=O) groups is 1. The number of hydrogen-bond donors (Lipinski definition) is 1. The third kappa shape index (κ3) is 4.30. The molecule has 3 heterocycles. The van der Waals surface area contributed by atoms with E-state index in [4.69, 9.17) is 5.10 Å². The van der Waals surface area contributed by atoms with Crippen LogP contribution in [0, 0.1) is 0 Å². The Bertz CT molecular complexity index is 769. The fraction of sp³-hybridized carbons (Fsp3) is 0.840. The molecule has 31 heavy (non-hydrogen) atoms. The van der Waals surface area contributed by atoms with Crippen LogP contribution < -0.4 is 5.32 Å². The lowest BCUT2D eigenvalue weighted by Gasteiger charge is -2.44. The molecule has 4 aliphatic rings. The molecule has 0 bridgehead atoms. The number of piperidine rings is 2. The molecule has 0 radical (unpaired) electrons. The predicted octanol–water partition coefficient (Wildman–Crippen LogP) is 3.29. The van der Waals surface area contributed by atoms with Gasteiger partial charge in [0.15, 0.2) is 5.69 Å². The van der Waals surface area contributed by atoms with E-state index in [9.17, 15) is 4.79 Å². The number of nitrogens with zero attached hydrogens (tertiary/aromatic N) is 4. The van der Waals surface area contributed by atoms with E-state index >= 15 is 0 Å². The summed E-state index contributed by atoms with van der Waals surface area (Å²) in [6, 6.07) is 0.465. The van der Waals surface area contributed by atoms with Crippen molar-refractivity contribution >= 4 is 5.91 Å². The average molecular weight is 428 g/mol. The standard InChI is InChI=1S/C25H41N5O/c1-28-22-11-10-20(18-21(22)23(27-28)24(31)29-14-6-2-7-15-29)26-19-25(12-4-5-13-25)30-16-8-3-9-17-30/h20,26H,2-19H2,1H3. The molecule has 2 aliphatic carbocycles. The predicted molar refractivity (Wildman–Crippen MR) is 123 cm³/mol. The zero-order valence-corrected chi connectivity index (χ0v) is 19.5. The summed E-state index contributed by atoms with van der Waals surface area (Å²) in [6.07, 6.45) is 16.2. The second-order valence-corrected chi connectivity index (χ2v) is 10.6. The lowest BCUT2D eigenvalue weighted by atomic mass is 9.88. The van der Waals surface area contributed by atoms with Crippen LogP contribution in [0.2, 0.25) is 0 Å². The van der Waals surface area contributed by atoms with Crippen molar-refractivity contribution in [1.82, 2.24) is 24.9 Å². The van der Waals surface area contributed by atoms with Crippen LogP contribution in [0.4, 0.5) is 0 Å². The lowest BCUT2D eigenvalue weighted by molar-refractivity contribution is 0.0667. The van der Waals surface area contributed by atoms with Crippen molar-refractivity contribution in [3.63, 3.8) is 0 Å². The van der Waals surface area contributed by atoms with Gasteiger partial charge in [0.25, 0.3) is 5.91 Å². The normalized spacial score (nSPS) is 26.7. The minimum absolute atomic E-state index is 0.165. The summed E-state index contributed by atoms with van der Waals surface area (Å²) >= 11 is 0. The van der Waals surface area contributed by atoms with Crippen LogP contribution >= 0.6 is 0 Å². The number of amides is 1. The fourth-order valence-electron chi connectivity index (χ4n) is 6.72. The van der Waals surface area contributed by atoms with Gasteiger partial charge >= 0.3 is 0 Å². The number of rotatable bonds is 5. The van der Waals surface area contributed by atoms with Crippen LogP contribution in [-0.4, -0.2) is 69.8 Å². The fourth-order valence-corrected chi connectivity index (χ4v) is 6.72. The Hall–Kier alpha value is -1.40. The van der Waals surface area contributed by atoms with Crippen LogP contribution in [0.3, 0.4) is 0 Å². The summed E-state index contributed by atoms with van der Waals surface area (Å²) < 4.78 is 1.98. The quantitative estimate of drug-likeness (QED) is 0.783. The maximum absolute atomic E-state index is 13.2. The molecule has 2 aliphatic heterocycles. The van der Waals surface area contributed by atoms with E-state index in [1.165, 1.54) is 75.7 Å². The highest BCUT2D eigenvalue weighted by molar-refractivity contribution is 5.94. The largest absolute Gasteiger partial charge is 0.337 e. The van der Waals surface area contributed by atoms with Crippen LogP contribution in [0.5, 0.6) is 0 Å². The highest BCUT2D eigenvalue weighted by atomic mass is 16.2. The van der Waals surface area contributed by atoms with Gasteiger partial charge in [0.05, 0.1) is 0 Å². The van der Waals surface area contributed by atoms with Crippen LogP contribution in [0.25, 0.3) is 0 Å². The summed E-state index contributed by atoms with van der Waals surface area (Å²) in [6.45, 7) is 5.47. The Morgan fingerprint density at radius 3 is 2.39 bits per heavy atom. The van der Waals surface area contributed by atoms with Crippen molar-refractivity contribution in [3.05, 3.63) is 17.0 Å². The number of hydrogen-bond acceptors (Lipinski definition) is 4. The Labute approximate surface area is 187 Å². The Kier molecular flexibility index (Phi) is 6.38. The Balaban J connectivity index is 1.27. The minimum Gasteiger partial charge on any atom is -0.337 e. The van der Waals surface area contributed by atoms with E-state index in [0.29, 0.717) is 11.6 Å². The first-order valence-electron chi connectivity index (χ1n) is 13.0. The molecule has 1 unspecified atom stereocenters. The third-order valence-electron chi connectivity index (χ3n) is 8.58. The summed E-state index contributed by atoms with van der Waals surface area (Å²) in [7, 11) is 2.02. The van der Waals surface area contributed by atoms with Gasteiger partial charge < -0.3 is 10.2 Å². The van der Waals surface area contributed by atoms with E-state index < -0.39 is 0 Å². The van der Waals surface area contributed by atoms with E-state index in [0.717, 1.165) is 57.4 Å². The highest BCUT2D eigenvalue weighted by Gasteiger charge is 2.40. The number of aromatic nitrogens is 2. The van der Waals surface area contributed by atoms with Crippen molar-refractivity contribution < 1.29 is 4.79 Å². The third-order valence-corrected chi connectivity index (χ3v) is 8.58. The molecule has 1 aromatic heterocycles. The second kappa shape index (κ2) is 9.22. The van der Waals surface area contributed by atoms with Crippen molar-refractivity contribution in [2.24, 2.45) is 7.05 Å². The smallest absolute Gasteiger partial charge is 0.274 e. The number of likely N-dealkylation sites (tertiary alicyclic amines) is 2. The molecule has 6 heteroatoms. The number of aryl methyl sites for hydroxylation is 1. The Morgan fingerprint density at radius 2 is 1.68 bits per heavy atom. The Morgan fingerprint density at radius 1 is 1.00 bits per heavy atom. The van der Waals surface area contributed by atoms with E-state index in [-0.39, 0.29) is 5.91 Å². The first-order chi connectivity index (χ1) is 15.2. The van der Waals surface area contributed by atoms with E-state index in [1.807, 2.05) is 16.6 Å². The molecule has 1 N–H and O–H groups in total. The van der Waals surface area contributed by atoms with Gasteiger partial charge in [0, 0.05) is 49.5 Å². The average Bonchev–Trinajstić information content (AvgIpc) is 3.44. The first-order valence-corrected chi connectivity index (χ1v) is 13.0.